The van der Waals surface area contributed by atoms with Gasteiger partial charge in [0, 0.05) is 27.3 Å². The third-order valence-corrected chi connectivity index (χ3v) is 8.44. The Bertz CT molecular complexity index is 2470. The van der Waals surface area contributed by atoms with Gasteiger partial charge in [0.25, 0.3) is 0 Å². The molecule has 0 aliphatic heterocycles. The highest BCUT2D eigenvalue weighted by Crippen LogP contribution is 2.52. The van der Waals surface area contributed by atoms with Crippen molar-refractivity contribution in [3.8, 4) is 28.7 Å². The van der Waals surface area contributed by atoms with Crippen molar-refractivity contribution >= 4 is 73.8 Å². The van der Waals surface area contributed by atoms with Gasteiger partial charge in [-0.15, -0.1) is 0 Å². The topological polar surface area (TPSA) is 144 Å². The lowest BCUT2D eigenvalue weighted by Gasteiger charge is -2.16. The SMILES string of the molecule is C=Cc1oc2cc3c4cc5ccccc5cc4n(C/N=C(\c4ccccc4N=C)c4c(O)c(O)c(O)c(O)c4O)c3cc2c1/C=C\C. The molecule has 9 nitrogen and oxygen atoms in total. The highest BCUT2D eigenvalue weighted by molar-refractivity contribution is 6.20. The predicted molar refractivity (Wildman–Crippen MR) is 188 cm³/mol. The van der Waals surface area contributed by atoms with Crippen molar-refractivity contribution in [2.75, 3.05) is 0 Å². The zero-order valence-corrected chi connectivity index (χ0v) is 25.3. The summed E-state index contributed by atoms with van der Waals surface area (Å²) >= 11 is 0. The number of furan rings is 1. The highest BCUT2D eigenvalue weighted by atomic mass is 16.4. The van der Waals surface area contributed by atoms with Gasteiger partial charge in [-0.3, -0.25) is 9.98 Å². The van der Waals surface area contributed by atoms with E-state index in [2.05, 4.69) is 30.4 Å². The van der Waals surface area contributed by atoms with Crippen LogP contribution in [0.15, 0.2) is 99.9 Å². The highest BCUT2D eigenvalue weighted by Gasteiger charge is 2.28. The molecule has 0 bridgehead atoms. The molecule has 0 saturated carbocycles. The van der Waals surface area contributed by atoms with E-state index in [1.165, 1.54) is 0 Å². The zero-order chi connectivity index (χ0) is 33.0. The molecule has 0 unspecified atom stereocenters. The molecule has 0 atom stereocenters. The Morgan fingerprint density at radius 3 is 2.09 bits per heavy atom. The monoisotopic (exact) mass is 623 g/mol. The van der Waals surface area contributed by atoms with E-state index in [1.807, 2.05) is 60.0 Å². The molecule has 0 aliphatic rings. The van der Waals surface area contributed by atoms with Crippen LogP contribution in [0.3, 0.4) is 0 Å². The van der Waals surface area contributed by atoms with E-state index in [1.54, 1.807) is 30.3 Å². The van der Waals surface area contributed by atoms with Crippen molar-refractivity contribution in [3.63, 3.8) is 0 Å². The first kappa shape index (κ1) is 29.2. The summed E-state index contributed by atoms with van der Waals surface area (Å²) in [5, 5.41) is 57.8. The van der Waals surface area contributed by atoms with E-state index < -0.39 is 28.7 Å². The fourth-order valence-electron chi connectivity index (χ4n) is 6.21. The molecule has 0 amide bonds. The summed E-state index contributed by atoms with van der Waals surface area (Å²) in [4.78, 5) is 8.99. The van der Waals surface area contributed by atoms with Gasteiger partial charge in [-0.1, -0.05) is 61.2 Å². The average Bonchev–Trinajstić information content (AvgIpc) is 3.59. The Morgan fingerprint density at radius 2 is 1.40 bits per heavy atom. The van der Waals surface area contributed by atoms with Gasteiger partial charge in [-0.25, -0.2) is 0 Å². The lowest BCUT2D eigenvalue weighted by molar-refractivity contribution is 0.327. The lowest BCUT2D eigenvalue weighted by atomic mass is 9.97. The van der Waals surface area contributed by atoms with Gasteiger partial charge < -0.3 is 34.5 Å². The second kappa shape index (κ2) is 11.1. The molecule has 0 aliphatic carbocycles. The number of aromatic nitrogens is 1. The number of phenolic OH excluding ortho intramolecular Hbond substituents is 5. The molecule has 5 N–H and O–H groups in total. The van der Waals surface area contributed by atoms with Gasteiger partial charge in [0.15, 0.2) is 11.5 Å². The number of allylic oxidation sites excluding steroid dienone is 1. The van der Waals surface area contributed by atoms with Crippen LogP contribution in [0, 0.1) is 0 Å². The van der Waals surface area contributed by atoms with Crippen molar-refractivity contribution < 1.29 is 29.9 Å². The molecule has 2 aromatic heterocycles. The van der Waals surface area contributed by atoms with Gasteiger partial charge in [0.05, 0.1) is 28.0 Å². The van der Waals surface area contributed by atoms with Crippen molar-refractivity contribution in [2.45, 2.75) is 13.6 Å². The first-order valence-electron chi connectivity index (χ1n) is 14.7. The smallest absolute Gasteiger partial charge is 0.208 e. The number of fused-ring (bicyclic) bond motifs is 5. The number of hydrogen-bond acceptors (Lipinski definition) is 8. The fourth-order valence-corrected chi connectivity index (χ4v) is 6.21. The number of nitrogens with zero attached hydrogens (tertiary/aromatic N) is 3. The van der Waals surface area contributed by atoms with Gasteiger partial charge in [-0.2, -0.15) is 0 Å². The van der Waals surface area contributed by atoms with Crippen LogP contribution in [0.4, 0.5) is 5.69 Å². The molecule has 5 aromatic carbocycles. The molecule has 0 spiro atoms. The number of para-hydroxylation sites is 1. The second-order valence-electron chi connectivity index (χ2n) is 11.0. The normalized spacial score (nSPS) is 12.2. The van der Waals surface area contributed by atoms with Gasteiger partial charge in [0.1, 0.15) is 18.0 Å². The minimum Gasteiger partial charge on any atom is -0.504 e. The Morgan fingerprint density at radius 1 is 0.787 bits per heavy atom. The first-order valence-corrected chi connectivity index (χ1v) is 14.7. The van der Waals surface area contributed by atoms with Crippen molar-refractivity contribution in [2.24, 2.45) is 9.98 Å². The van der Waals surface area contributed by atoms with Crippen LogP contribution in [-0.4, -0.2) is 42.5 Å². The van der Waals surface area contributed by atoms with Gasteiger partial charge >= 0.3 is 0 Å². The van der Waals surface area contributed by atoms with Crippen LogP contribution in [0.2, 0.25) is 0 Å². The molecule has 7 rings (SSSR count). The quantitative estimate of drug-likeness (QED) is 0.0682. The van der Waals surface area contributed by atoms with E-state index in [4.69, 9.17) is 9.41 Å². The van der Waals surface area contributed by atoms with E-state index in [-0.39, 0.29) is 17.9 Å². The third-order valence-electron chi connectivity index (χ3n) is 8.44. The summed E-state index contributed by atoms with van der Waals surface area (Å²) in [5.41, 5.74) is 3.64. The number of rotatable bonds is 7. The maximum atomic E-state index is 11.0. The third kappa shape index (κ3) is 4.47. The number of aromatic hydroxyl groups is 5. The van der Waals surface area contributed by atoms with E-state index in [0.29, 0.717) is 22.6 Å². The van der Waals surface area contributed by atoms with Crippen LogP contribution in [0.25, 0.3) is 55.7 Å². The molecule has 232 valence electrons. The summed E-state index contributed by atoms with van der Waals surface area (Å²) < 4.78 is 8.22. The maximum Gasteiger partial charge on any atom is 0.208 e. The largest absolute Gasteiger partial charge is 0.504 e. The van der Waals surface area contributed by atoms with Gasteiger partial charge in [0.2, 0.25) is 17.2 Å². The molecule has 9 heteroatoms. The Hall–Kier alpha value is -6.48. The molecular formula is C38H29N3O6. The van der Waals surface area contributed by atoms with E-state index in [0.717, 1.165) is 43.5 Å². The first-order chi connectivity index (χ1) is 22.8. The summed E-state index contributed by atoms with van der Waals surface area (Å²) in [6.45, 7) is 9.48. The van der Waals surface area contributed by atoms with Crippen LogP contribution in [-0.2, 0) is 6.67 Å². The summed E-state index contributed by atoms with van der Waals surface area (Å²) in [7, 11) is 0. The standard InChI is InChI=1S/C38H29N3O6/c1-4-10-22-26-17-29-25(18-31(26)47-30(22)5-2)24-15-20-11-6-7-12-21(20)16-28(24)41(29)19-40-33(23-13-8-9-14-27(23)39-3)32-34(42)36(44)38(46)37(45)35(32)43/h4-18,42-46H,2-3,19H2,1H3/b10-4-,40-33+. The number of phenols is 5. The molecule has 2 heterocycles. The van der Waals surface area contributed by atoms with Crippen LogP contribution in [0.5, 0.6) is 28.7 Å². The lowest BCUT2D eigenvalue weighted by Crippen LogP contribution is -2.08. The molecule has 47 heavy (non-hydrogen) atoms. The molecular weight excluding hydrogens is 594 g/mol. The summed E-state index contributed by atoms with van der Waals surface area (Å²) in [6, 6.07) is 23.1. The summed E-state index contributed by atoms with van der Waals surface area (Å²) in [5.74, 6) is -4.15. The van der Waals surface area contributed by atoms with Crippen molar-refractivity contribution in [1.82, 2.24) is 4.57 Å². The van der Waals surface area contributed by atoms with Crippen LogP contribution >= 0.6 is 0 Å². The van der Waals surface area contributed by atoms with E-state index >= 15 is 0 Å². The van der Waals surface area contributed by atoms with Crippen LogP contribution < -0.4 is 0 Å². The average molecular weight is 624 g/mol. The zero-order valence-electron chi connectivity index (χ0n) is 25.3. The van der Waals surface area contributed by atoms with Crippen molar-refractivity contribution in [3.05, 3.63) is 108 Å². The molecule has 0 radical (unpaired) electrons. The molecule has 0 saturated heterocycles. The van der Waals surface area contributed by atoms with Gasteiger partial charge in [-0.05, 0) is 60.8 Å². The number of benzene rings is 5. The minimum atomic E-state index is -1.06. The van der Waals surface area contributed by atoms with Crippen LogP contribution in [0.1, 0.15) is 29.4 Å². The second-order valence-corrected chi connectivity index (χ2v) is 11.0. The number of aliphatic imine (C=N–C) groups is 2. The fraction of sp³-hybridized carbons (Fsp3) is 0.0526. The Kier molecular flexibility index (Phi) is 6.94. The Balaban J connectivity index is 1.57. The minimum absolute atomic E-state index is 0.00247. The molecule has 0 fully saturated rings. The predicted octanol–water partition coefficient (Wildman–Crippen LogP) is 8.73. The number of hydrogen-bond donors (Lipinski definition) is 5. The maximum absolute atomic E-state index is 11.0. The molecule has 7 aromatic rings. The van der Waals surface area contributed by atoms with Crippen molar-refractivity contribution in [1.29, 1.82) is 0 Å². The summed E-state index contributed by atoms with van der Waals surface area (Å²) in [6.07, 6.45) is 5.59. The van der Waals surface area contributed by atoms with E-state index in [9.17, 15) is 25.5 Å². The Labute approximate surface area is 268 Å².